The van der Waals surface area contributed by atoms with E-state index in [-0.39, 0.29) is 5.70 Å². The number of carbonyl (C=O) groups excluding carboxylic acids is 1. The first-order valence-electron chi connectivity index (χ1n) is 10.1. The average Bonchev–Trinajstić information content (AvgIpc) is 3.12. The molecular formula is C26H23NO4. The van der Waals surface area contributed by atoms with Gasteiger partial charge >= 0.3 is 5.97 Å². The van der Waals surface area contributed by atoms with Crippen molar-refractivity contribution in [1.82, 2.24) is 0 Å². The van der Waals surface area contributed by atoms with E-state index in [1.165, 1.54) is 11.1 Å². The molecule has 31 heavy (non-hydrogen) atoms. The van der Waals surface area contributed by atoms with Crippen molar-refractivity contribution < 1.29 is 19.0 Å². The summed E-state index contributed by atoms with van der Waals surface area (Å²) in [5.74, 6) is 1.38. The number of carbonyl (C=O) groups is 1. The van der Waals surface area contributed by atoms with Gasteiger partial charge in [0.05, 0.1) is 0 Å². The second-order valence-electron chi connectivity index (χ2n) is 7.29. The third kappa shape index (κ3) is 5.39. The first-order chi connectivity index (χ1) is 15.1. The molecule has 4 rings (SSSR count). The molecule has 0 spiro atoms. The molecule has 156 valence electrons. The van der Waals surface area contributed by atoms with E-state index in [9.17, 15) is 4.79 Å². The maximum absolute atomic E-state index is 12.2. The molecule has 1 aliphatic heterocycles. The normalized spacial score (nSPS) is 14.3. The van der Waals surface area contributed by atoms with Crippen molar-refractivity contribution in [2.24, 2.45) is 4.99 Å². The van der Waals surface area contributed by atoms with Crippen LogP contribution >= 0.6 is 0 Å². The Morgan fingerprint density at radius 2 is 1.55 bits per heavy atom. The highest BCUT2D eigenvalue weighted by atomic mass is 16.6. The van der Waals surface area contributed by atoms with Crippen LogP contribution in [0, 0.1) is 13.8 Å². The van der Waals surface area contributed by atoms with Crippen molar-refractivity contribution in [2.75, 3.05) is 13.2 Å². The molecule has 0 saturated heterocycles. The molecule has 1 aliphatic rings. The predicted octanol–water partition coefficient (Wildman–Crippen LogP) is 5.11. The minimum atomic E-state index is -0.466. The number of hydrogen-bond acceptors (Lipinski definition) is 5. The molecule has 0 bridgehead atoms. The van der Waals surface area contributed by atoms with Crippen molar-refractivity contribution in [3.8, 4) is 11.5 Å². The van der Waals surface area contributed by atoms with Gasteiger partial charge in [0.2, 0.25) is 5.90 Å². The topological polar surface area (TPSA) is 57.1 Å². The molecular weight excluding hydrogens is 390 g/mol. The van der Waals surface area contributed by atoms with Crippen molar-refractivity contribution in [3.63, 3.8) is 0 Å². The van der Waals surface area contributed by atoms with E-state index >= 15 is 0 Å². The summed E-state index contributed by atoms with van der Waals surface area (Å²) in [7, 11) is 0. The zero-order valence-electron chi connectivity index (χ0n) is 17.5. The van der Waals surface area contributed by atoms with Crippen LogP contribution in [0.2, 0.25) is 0 Å². The smallest absolute Gasteiger partial charge is 0.363 e. The number of benzene rings is 3. The Hall–Kier alpha value is -3.86. The van der Waals surface area contributed by atoms with Crippen LogP contribution in [0.25, 0.3) is 6.08 Å². The second kappa shape index (κ2) is 9.30. The maximum atomic E-state index is 12.2. The number of aryl methyl sites for hydroxylation is 2. The summed E-state index contributed by atoms with van der Waals surface area (Å²) in [5.41, 5.74) is 4.16. The van der Waals surface area contributed by atoms with Gasteiger partial charge in [0.25, 0.3) is 0 Å². The third-order valence-electron chi connectivity index (χ3n) is 4.62. The number of esters is 1. The fourth-order valence-electron chi connectivity index (χ4n) is 3.30. The van der Waals surface area contributed by atoms with Crippen LogP contribution in [0.15, 0.2) is 83.5 Å². The van der Waals surface area contributed by atoms with Gasteiger partial charge in [-0.05, 0) is 73.0 Å². The van der Waals surface area contributed by atoms with E-state index < -0.39 is 5.97 Å². The largest absolute Gasteiger partial charge is 0.490 e. The Bertz CT molecular complexity index is 1130. The van der Waals surface area contributed by atoms with Gasteiger partial charge in [-0.25, -0.2) is 9.79 Å². The van der Waals surface area contributed by atoms with E-state index in [1.54, 1.807) is 6.08 Å². The van der Waals surface area contributed by atoms with Gasteiger partial charge in [-0.3, -0.25) is 0 Å². The van der Waals surface area contributed by atoms with Crippen LogP contribution in [-0.2, 0) is 9.53 Å². The van der Waals surface area contributed by atoms with E-state index in [2.05, 4.69) is 11.1 Å². The molecule has 5 nitrogen and oxygen atoms in total. The number of rotatable bonds is 7. The summed E-state index contributed by atoms with van der Waals surface area (Å²) < 4.78 is 16.9. The number of cyclic esters (lactones) is 1. The molecule has 0 N–H and O–H groups in total. The molecule has 0 aliphatic carbocycles. The van der Waals surface area contributed by atoms with Crippen molar-refractivity contribution in [1.29, 1.82) is 0 Å². The highest BCUT2D eigenvalue weighted by Gasteiger charge is 2.23. The zero-order chi connectivity index (χ0) is 21.6. The molecule has 5 heteroatoms. The Balaban J connectivity index is 1.38. The van der Waals surface area contributed by atoms with E-state index in [0.29, 0.717) is 24.9 Å². The van der Waals surface area contributed by atoms with Crippen LogP contribution in [-0.4, -0.2) is 25.1 Å². The van der Waals surface area contributed by atoms with Gasteiger partial charge in [-0.2, -0.15) is 0 Å². The van der Waals surface area contributed by atoms with Crippen molar-refractivity contribution in [3.05, 3.63) is 101 Å². The number of hydrogen-bond donors (Lipinski definition) is 0. The molecule has 0 atom stereocenters. The highest BCUT2D eigenvalue weighted by Crippen LogP contribution is 2.21. The lowest BCUT2D eigenvalue weighted by Gasteiger charge is -2.10. The van der Waals surface area contributed by atoms with Crippen LogP contribution in [0.3, 0.4) is 0 Å². The van der Waals surface area contributed by atoms with Gasteiger partial charge in [0.1, 0.15) is 24.7 Å². The van der Waals surface area contributed by atoms with E-state index in [4.69, 9.17) is 14.2 Å². The molecule has 0 aromatic heterocycles. The lowest BCUT2D eigenvalue weighted by molar-refractivity contribution is -0.129. The summed E-state index contributed by atoms with van der Waals surface area (Å²) in [6.07, 6.45) is 1.69. The molecule has 3 aromatic carbocycles. The molecule has 0 fully saturated rings. The SMILES string of the molecule is Cc1cc(C)cc(OCCOc2cccc(C=C3N=C(c4ccccc4)OC3=O)c2)c1. The number of aliphatic imine (C=N–C) groups is 1. The Labute approximate surface area is 181 Å². The van der Waals surface area contributed by atoms with Gasteiger partial charge in [0.15, 0.2) is 5.70 Å². The number of nitrogens with zero attached hydrogens (tertiary/aromatic N) is 1. The number of ether oxygens (including phenoxy) is 3. The van der Waals surface area contributed by atoms with E-state index in [1.807, 2.05) is 80.6 Å². The minimum Gasteiger partial charge on any atom is -0.490 e. The standard InChI is InChI=1S/C26H23NO4/c1-18-13-19(2)15-23(14-18)30-12-11-29-22-10-6-7-20(16-22)17-24-26(28)31-25(27-24)21-8-4-3-5-9-21/h3-10,13-17H,11-12H2,1-2H3. The lowest BCUT2D eigenvalue weighted by Crippen LogP contribution is -2.09. The van der Waals surface area contributed by atoms with Gasteiger partial charge in [0, 0.05) is 5.56 Å². The average molecular weight is 413 g/mol. The van der Waals surface area contributed by atoms with E-state index in [0.717, 1.165) is 16.9 Å². The van der Waals surface area contributed by atoms with Gasteiger partial charge in [-0.15, -0.1) is 0 Å². The Kier molecular flexibility index (Phi) is 6.13. The van der Waals surface area contributed by atoms with Gasteiger partial charge in [-0.1, -0.05) is 36.4 Å². The summed E-state index contributed by atoms with van der Waals surface area (Å²) >= 11 is 0. The Morgan fingerprint density at radius 3 is 2.29 bits per heavy atom. The summed E-state index contributed by atoms with van der Waals surface area (Å²) in [5, 5.41) is 0. The summed E-state index contributed by atoms with van der Waals surface area (Å²) in [6, 6.07) is 22.9. The summed E-state index contributed by atoms with van der Waals surface area (Å²) in [4.78, 5) is 16.5. The van der Waals surface area contributed by atoms with Crippen LogP contribution in [0.5, 0.6) is 11.5 Å². The molecule has 0 radical (unpaired) electrons. The lowest BCUT2D eigenvalue weighted by atomic mass is 10.1. The second-order valence-corrected chi connectivity index (χ2v) is 7.29. The molecule has 1 heterocycles. The maximum Gasteiger partial charge on any atom is 0.363 e. The Morgan fingerprint density at radius 1 is 0.839 bits per heavy atom. The van der Waals surface area contributed by atoms with Gasteiger partial charge < -0.3 is 14.2 Å². The fraction of sp³-hybridized carbons (Fsp3) is 0.154. The molecule has 0 saturated carbocycles. The zero-order valence-corrected chi connectivity index (χ0v) is 17.5. The summed E-state index contributed by atoms with van der Waals surface area (Å²) in [6.45, 7) is 4.93. The van der Waals surface area contributed by atoms with Crippen LogP contribution in [0.4, 0.5) is 0 Å². The minimum absolute atomic E-state index is 0.258. The molecule has 3 aromatic rings. The highest BCUT2D eigenvalue weighted by molar-refractivity contribution is 6.12. The van der Waals surface area contributed by atoms with Crippen molar-refractivity contribution in [2.45, 2.75) is 13.8 Å². The predicted molar refractivity (Wildman–Crippen MR) is 120 cm³/mol. The third-order valence-corrected chi connectivity index (χ3v) is 4.62. The van der Waals surface area contributed by atoms with Crippen LogP contribution < -0.4 is 9.47 Å². The first kappa shape index (κ1) is 20.4. The van der Waals surface area contributed by atoms with Crippen LogP contribution in [0.1, 0.15) is 22.3 Å². The quantitative estimate of drug-likeness (QED) is 0.307. The monoisotopic (exact) mass is 413 g/mol. The van der Waals surface area contributed by atoms with Crippen molar-refractivity contribution >= 4 is 17.9 Å². The fourth-order valence-corrected chi connectivity index (χ4v) is 3.30. The molecule has 0 amide bonds. The first-order valence-corrected chi connectivity index (χ1v) is 10.1. The molecule has 0 unspecified atom stereocenters.